The van der Waals surface area contributed by atoms with Crippen molar-refractivity contribution in [3.8, 4) is 0 Å². The van der Waals surface area contributed by atoms with Crippen LogP contribution in [0.3, 0.4) is 0 Å². The smallest absolute Gasteiger partial charge is 0.334 e. The van der Waals surface area contributed by atoms with E-state index in [1.54, 1.807) is 6.92 Å². The minimum atomic E-state index is -3.66. The van der Waals surface area contributed by atoms with Crippen LogP contribution in [0.5, 0.6) is 0 Å². The number of anilines is 2. The number of aliphatic carboxylic acids is 1. The molecule has 3 N–H and O–H groups in total. The first-order valence-electron chi connectivity index (χ1n) is 8.03. The maximum atomic E-state index is 13.0. The molecule has 1 saturated heterocycles. The lowest BCUT2D eigenvalue weighted by molar-refractivity contribution is -0.160. The van der Waals surface area contributed by atoms with E-state index in [0.717, 1.165) is 6.26 Å². The molecule has 1 aromatic carbocycles. The third-order valence-corrected chi connectivity index (χ3v) is 4.28. The van der Waals surface area contributed by atoms with Crippen LogP contribution in [0.4, 0.5) is 11.4 Å². The Labute approximate surface area is 156 Å². The van der Waals surface area contributed by atoms with Crippen molar-refractivity contribution in [1.29, 1.82) is 0 Å². The van der Waals surface area contributed by atoms with Crippen LogP contribution in [-0.2, 0) is 24.3 Å². The second-order valence-electron chi connectivity index (χ2n) is 6.30. The Balaban J connectivity index is 2.41. The molecule has 148 valence electrons. The SMILES string of the molecule is CC(=O)Nc1ccc(NS(C)(=O)=O)c(C(=O)N2CC(C(=O)O)O[C@H](C)C2)c1. The van der Waals surface area contributed by atoms with Gasteiger partial charge in [-0.1, -0.05) is 0 Å². The van der Waals surface area contributed by atoms with Gasteiger partial charge in [0.25, 0.3) is 5.91 Å². The van der Waals surface area contributed by atoms with Crippen LogP contribution >= 0.6 is 0 Å². The Hall–Kier alpha value is -2.66. The van der Waals surface area contributed by atoms with Crippen molar-refractivity contribution < 1.29 is 32.6 Å². The molecule has 1 unspecified atom stereocenters. The third-order valence-electron chi connectivity index (χ3n) is 3.69. The first-order valence-corrected chi connectivity index (χ1v) is 9.92. The van der Waals surface area contributed by atoms with Crippen molar-refractivity contribution in [3.63, 3.8) is 0 Å². The molecule has 1 aliphatic heterocycles. The number of hydrogen-bond donors (Lipinski definition) is 3. The van der Waals surface area contributed by atoms with Gasteiger partial charge in [0.2, 0.25) is 15.9 Å². The molecule has 11 heteroatoms. The fraction of sp³-hybridized carbons (Fsp3) is 0.438. The lowest BCUT2D eigenvalue weighted by Gasteiger charge is -2.35. The molecule has 0 saturated carbocycles. The number of morpholine rings is 1. The number of carbonyl (C=O) groups is 3. The Morgan fingerprint density at radius 1 is 1.26 bits per heavy atom. The Bertz CT molecular complexity index is 869. The summed E-state index contributed by atoms with van der Waals surface area (Å²) in [5.41, 5.74) is 0.327. The number of hydrogen-bond acceptors (Lipinski definition) is 6. The van der Waals surface area contributed by atoms with E-state index in [1.807, 2.05) is 0 Å². The average molecular weight is 399 g/mol. The molecular weight excluding hydrogens is 378 g/mol. The van der Waals surface area contributed by atoms with Gasteiger partial charge < -0.3 is 20.1 Å². The molecule has 2 atom stereocenters. The first kappa shape index (κ1) is 20.6. The third kappa shape index (κ3) is 5.66. The van der Waals surface area contributed by atoms with Gasteiger partial charge in [-0.05, 0) is 25.1 Å². The summed E-state index contributed by atoms with van der Waals surface area (Å²) in [6, 6.07) is 4.15. The summed E-state index contributed by atoms with van der Waals surface area (Å²) >= 11 is 0. The predicted octanol–water partition coefficient (Wildman–Crippen LogP) is 0.331. The van der Waals surface area contributed by atoms with Crippen LogP contribution in [-0.4, -0.2) is 67.8 Å². The Morgan fingerprint density at radius 3 is 2.48 bits per heavy atom. The van der Waals surface area contributed by atoms with E-state index in [1.165, 1.54) is 30.0 Å². The first-order chi connectivity index (χ1) is 12.5. The standard InChI is InChI=1S/C16H21N3O7S/c1-9-7-19(8-14(26-9)16(22)23)15(21)12-6-11(17-10(2)20)4-5-13(12)18-27(3,24)25/h4-6,9,14,18H,7-8H2,1-3H3,(H,17,20)(H,22,23)/t9-,14?/m1/s1. The molecule has 1 aromatic rings. The number of nitrogens with one attached hydrogen (secondary N) is 2. The van der Waals surface area contributed by atoms with Gasteiger partial charge in [0.05, 0.1) is 30.2 Å². The number of carboxylic acids is 1. The van der Waals surface area contributed by atoms with E-state index < -0.39 is 34.1 Å². The maximum absolute atomic E-state index is 13.0. The van der Waals surface area contributed by atoms with Gasteiger partial charge in [-0.2, -0.15) is 0 Å². The molecule has 0 aliphatic carbocycles. The molecule has 1 fully saturated rings. The lowest BCUT2D eigenvalue weighted by Crippen LogP contribution is -2.51. The summed E-state index contributed by atoms with van der Waals surface area (Å²) in [6.45, 7) is 2.90. The van der Waals surface area contributed by atoms with Crippen molar-refractivity contribution in [2.45, 2.75) is 26.1 Å². The number of sulfonamides is 1. The van der Waals surface area contributed by atoms with Crippen molar-refractivity contribution >= 4 is 39.2 Å². The minimum Gasteiger partial charge on any atom is -0.479 e. The maximum Gasteiger partial charge on any atom is 0.334 e. The molecule has 1 aliphatic rings. The quantitative estimate of drug-likeness (QED) is 0.647. The summed E-state index contributed by atoms with van der Waals surface area (Å²) in [5, 5.41) is 11.7. The highest BCUT2D eigenvalue weighted by atomic mass is 32.2. The van der Waals surface area contributed by atoms with Gasteiger partial charge in [0, 0.05) is 19.2 Å². The van der Waals surface area contributed by atoms with E-state index in [4.69, 9.17) is 4.74 Å². The number of benzene rings is 1. The van der Waals surface area contributed by atoms with E-state index in [9.17, 15) is 27.9 Å². The fourth-order valence-electron chi connectivity index (χ4n) is 2.71. The zero-order valence-corrected chi connectivity index (χ0v) is 15.9. The van der Waals surface area contributed by atoms with Crippen LogP contribution in [0.2, 0.25) is 0 Å². The van der Waals surface area contributed by atoms with Gasteiger partial charge in [0.1, 0.15) is 0 Å². The van der Waals surface area contributed by atoms with E-state index >= 15 is 0 Å². The lowest BCUT2D eigenvalue weighted by atomic mass is 10.1. The second-order valence-corrected chi connectivity index (χ2v) is 8.05. The summed E-state index contributed by atoms with van der Waals surface area (Å²) in [6.07, 6.45) is -0.739. The van der Waals surface area contributed by atoms with Gasteiger partial charge in [-0.25, -0.2) is 13.2 Å². The normalized spacial score (nSPS) is 20.0. The van der Waals surface area contributed by atoms with Crippen molar-refractivity contribution in [2.75, 3.05) is 29.4 Å². The number of carboxylic acid groups (broad SMARTS) is 1. The zero-order chi connectivity index (χ0) is 20.4. The van der Waals surface area contributed by atoms with Crippen LogP contribution in [0, 0.1) is 0 Å². The molecule has 0 spiro atoms. The summed E-state index contributed by atoms with van der Waals surface area (Å²) in [4.78, 5) is 36.8. The molecule has 0 radical (unpaired) electrons. The van der Waals surface area contributed by atoms with Gasteiger partial charge in [-0.15, -0.1) is 0 Å². The molecule has 10 nitrogen and oxygen atoms in total. The molecule has 2 rings (SSSR count). The molecule has 27 heavy (non-hydrogen) atoms. The highest BCUT2D eigenvalue weighted by molar-refractivity contribution is 7.92. The highest BCUT2D eigenvalue weighted by Crippen LogP contribution is 2.25. The number of carbonyl (C=O) groups excluding carboxylic acids is 2. The number of ether oxygens (including phenoxy) is 1. The molecule has 0 bridgehead atoms. The largest absolute Gasteiger partial charge is 0.479 e. The second kappa shape index (κ2) is 7.92. The molecule has 0 aromatic heterocycles. The molecular formula is C16H21N3O7S. The molecule has 1 heterocycles. The van der Waals surface area contributed by atoms with Crippen LogP contribution in [0.1, 0.15) is 24.2 Å². The monoisotopic (exact) mass is 399 g/mol. The number of amides is 2. The van der Waals surface area contributed by atoms with Crippen molar-refractivity contribution in [2.24, 2.45) is 0 Å². The summed E-state index contributed by atoms with van der Waals surface area (Å²) in [7, 11) is -3.66. The van der Waals surface area contributed by atoms with E-state index in [2.05, 4.69) is 10.0 Å². The zero-order valence-electron chi connectivity index (χ0n) is 15.1. The van der Waals surface area contributed by atoms with E-state index in [-0.39, 0.29) is 30.2 Å². The van der Waals surface area contributed by atoms with Crippen molar-refractivity contribution in [1.82, 2.24) is 4.90 Å². The summed E-state index contributed by atoms with van der Waals surface area (Å²) < 4.78 is 30.8. The van der Waals surface area contributed by atoms with E-state index in [0.29, 0.717) is 5.69 Å². The van der Waals surface area contributed by atoms with Crippen LogP contribution < -0.4 is 10.0 Å². The Kier molecular flexibility index (Phi) is 6.06. The number of nitrogens with zero attached hydrogens (tertiary/aromatic N) is 1. The predicted molar refractivity (Wildman–Crippen MR) is 97.1 cm³/mol. The van der Waals surface area contributed by atoms with Crippen LogP contribution in [0.15, 0.2) is 18.2 Å². The average Bonchev–Trinajstić information content (AvgIpc) is 2.53. The van der Waals surface area contributed by atoms with Gasteiger partial charge >= 0.3 is 5.97 Å². The van der Waals surface area contributed by atoms with Gasteiger partial charge in [-0.3, -0.25) is 14.3 Å². The van der Waals surface area contributed by atoms with Gasteiger partial charge in [0.15, 0.2) is 6.10 Å². The highest BCUT2D eigenvalue weighted by Gasteiger charge is 2.34. The number of rotatable bonds is 5. The Morgan fingerprint density at radius 2 is 1.93 bits per heavy atom. The minimum absolute atomic E-state index is 0.00934. The van der Waals surface area contributed by atoms with Crippen molar-refractivity contribution in [3.05, 3.63) is 23.8 Å². The summed E-state index contributed by atoms with van der Waals surface area (Å²) in [5.74, 6) is -2.13. The topological polar surface area (TPSA) is 142 Å². The fourth-order valence-corrected chi connectivity index (χ4v) is 3.29. The molecule has 2 amide bonds. The van der Waals surface area contributed by atoms with Crippen LogP contribution in [0.25, 0.3) is 0 Å².